The molecule has 1 saturated heterocycles. The molecule has 0 amide bonds. The highest BCUT2D eigenvalue weighted by Gasteiger charge is 2.56. The lowest BCUT2D eigenvalue weighted by Crippen LogP contribution is -2.49. The SMILES string of the molecule is COc1ccccc1CC(=O)C1NCC2C1CC(CS(=O)(=O)c1ccc(C)cc1)CC2(O)c1ccccc1OC. The number of ether oxygens (including phenoxy) is 2. The van der Waals surface area contributed by atoms with Crippen molar-refractivity contribution in [3.63, 3.8) is 0 Å². The molecule has 7 nitrogen and oxygen atoms in total. The summed E-state index contributed by atoms with van der Waals surface area (Å²) in [5.74, 6) is 0.212. The zero-order valence-electron chi connectivity index (χ0n) is 23.2. The molecule has 1 aliphatic heterocycles. The van der Waals surface area contributed by atoms with Crippen molar-refractivity contribution in [1.29, 1.82) is 0 Å². The first-order valence-electron chi connectivity index (χ1n) is 13.7. The number of nitrogens with one attached hydrogen (secondary N) is 1. The third-order valence-corrected chi connectivity index (χ3v) is 10.5. The van der Waals surface area contributed by atoms with Gasteiger partial charge < -0.3 is 19.9 Å². The van der Waals surface area contributed by atoms with Crippen molar-refractivity contribution in [2.75, 3.05) is 26.5 Å². The van der Waals surface area contributed by atoms with E-state index in [1.54, 1.807) is 38.5 Å². The van der Waals surface area contributed by atoms with Crippen LogP contribution in [0.3, 0.4) is 0 Å². The summed E-state index contributed by atoms with van der Waals surface area (Å²) in [6.45, 7) is 2.36. The van der Waals surface area contributed by atoms with E-state index < -0.39 is 21.5 Å². The highest BCUT2D eigenvalue weighted by atomic mass is 32.2. The van der Waals surface area contributed by atoms with Gasteiger partial charge in [-0.05, 0) is 55.9 Å². The van der Waals surface area contributed by atoms with Crippen molar-refractivity contribution in [2.24, 2.45) is 17.8 Å². The highest BCUT2D eigenvalue weighted by Crippen LogP contribution is 2.52. The Bertz CT molecular complexity index is 1470. The minimum absolute atomic E-state index is 0.00131. The summed E-state index contributed by atoms with van der Waals surface area (Å²) in [6.07, 6.45) is 0.960. The zero-order chi connectivity index (χ0) is 28.5. The van der Waals surface area contributed by atoms with Crippen LogP contribution in [0.15, 0.2) is 77.7 Å². The number of sulfone groups is 1. The van der Waals surface area contributed by atoms with Gasteiger partial charge in [-0.1, -0.05) is 54.1 Å². The topological polar surface area (TPSA) is 102 Å². The minimum Gasteiger partial charge on any atom is -0.496 e. The van der Waals surface area contributed by atoms with Crippen LogP contribution >= 0.6 is 0 Å². The molecule has 8 heteroatoms. The standard InChI is InChI=1S/C32H37NO6S/c1-21-12-14-24(15-13-21)40(36,37)20-22-16-25-27(32(35,18-22)26-9-5-7-11-30(26)39-3)19-33-31(25)28(34)17-23-8-4-6-10-29(23)38-2/h4-15,22,25,27,31,33,35H,16-20H2,1-3H3. The number of methoxy groups -OCH3 is 2. The summed E-state index contributed by atoms with van der Waals surface area (Å²) < 4.78 is 38.1. The van der Waals surface area contributed by atoms with E-state index in [4.69, 9.17) is 9.47 Å². The fraction of sp³-hybridized carbons (Fsp3) is 0.406. The maximum atomic E-state index is 13.7. The molecule has 3 aromatic rings. The second-order valence-corrected chi connectivity index (χ2v) is 13.2. The summed E-state index contributed by atoms with van der Waals surface area (Å²) in [6, 6.07) is 21.2. The Morgan fingerprint density at radius 3 is 2.33 bits per heavy atom. The Morgan fingerprint density at radius 1 is 0.975 bits per heavy atom. The molecule has 0 aromatic heterocycles. The van der Waals surface area contributed by atoms with Crippen LogP contribution in [0.1, 0.15) is 29.5 Å². The van der Waals surface area contributed by atoms with Gasteiger partial charge in [0.2, 0.25) is 0 Å². The molecular weight excluding hydrogens is 526 g/mol. The van der Waals surface area contributed by atoms with E-state index in [1.807, 2.05) is 55.5 Å². The van der Waals surface area contributed by atoms with Crippen molar-refractivity contribution in [2.45, 2.75) is 42.7 Å². The van der Waals surface area contributed by atoms with Gasteiger partial charge in [-0.25, -0.2) is 8.42 Å². The van der Waals surface area contributed by atoms with Crippen molar-refractivity contribution in [3.05, 3.63) is 89.5 Å². The van der Waals surface area contributed by atoms with Crippen LogP contribution < -0.4 is 14.8 Å². The molecule has 212 valence electrons. The molecule has 2 aliphatic rings. The molecule has 0 bridgehead atoms. The zero-order valence-corrected chi connectivity index (χ0v) is 24.0. The Labute approximate surface area is 236 Å². The molecule has 1 aliphatic carbocycles. The maximum absolute atomic E-state index is 13.7. The average molecular weight is 564 g/mol. The summed E-state index contributed by atoms with van der Waals surface area (Å²) in [5, 5.41) is 15.8. The number of Topliss-reactive ketones (excluding diaryl/α,β-unsaturated/α-hetero) is 1. The second kappa shape index (κ2) is 11.4. The molecule has 5 atom stereocenters. The molecule has 5 unspecified atom stereocenters. The van der Waals surface area contributed by atoms with E-state index in [2.05, 4.69) is 5.32 Å². The van der Waals surface area contributed by atoms with Gasteiger partial charge in [0.25, 0.3) is 0 Å². The maximum Gasteiger partial charge on any atom is 0.178 e. The molecule has 2 N–H and O–H groups in total. The Morgan fingerprint density at radius 2 is 1.62 bits per heavy atom. The summed E-state index contributed by atoms with van der Waals surface area (Å²) >= 11 is 0. The van der Waals surface area contributed by atoms with Crippen LogP contribution in [-0.4, -0.2) is 51.9 Å². The second-order valence-electron chi connectivity index (χ2n) is 11.1. The van der Waals surface area contributed by atoms with Gasteiger partial charge in [0.1, 0.15) is 11.5 Å². The van der Waals surface area contributed by atoms with Gasteiger partial charge in [-0.3, -0.25) is 4.79 Å². The van der Waals surface area contributed by atoms with Crippen LogP contribution in [0, 0.1) is 24.7 Å². The van der Waals surface area contributed by atoms with E-state index in [-0.39, 0.29) is 47.0 Å². The molecule has 1 heterocycles. The van der Waals surface area contributed by atoms with Gasteiger partial charge in [0, 0.05) is 30.0 Å². The van der Waals surface area contributed by atoms with Crippen LogP contribution in [0.2, 0.25) is 0 Å². The quantitative estimate of drug-likeness (QED) is 0.404. The minimum atomic E-state index is -3.61. The first-order valence-corrected chi connectivity index (χ1v) is 15.3. The van der Waals surface area contributed by atoms with Gasteiger partial charge in [0.15, 0.2) is 15.6 Å². The van der Waals surface area contributed by atoms with E-state index in [0.29, 0.717) is 30.0 Å². The average Bonchev–Trinajstić information content (AvgIpc) is 3.38. The van der Waals surface area contributed by atoms with Gasteiger partial charge >= 0.3 is 0 Å². The number of carbonyl (C=O) groups is 1. The smallest absolute Gasteiger partial charge is 0.178 e. The lowest BCUT2D eigenvalue weighted by atomic mass is 9.62. The number of rotatable bonds is 9. The fourth-order valence-electron chi connectivity index (χ4n) is 6.76. The predicted molar refractivity (Wildman–Crippen MR) is 153 cm³/mol. The highest BCUT2D eigenvalue weighted by molar-refractivity contribution is 7.91. The Hall–Kier alpha value is -3.20. The predicted octanol–water partition coefficient (Wildman–Crippen LogP) is 4.10. The Balaban J connectivity index is 1.49. The number of hydrogen-bond acceptors (Lipinski definition) is 7. The van der Waals surface area contributed by atoms with Crippen LogP contribution in [0.25, 0.3) is 0 Å². The molecule has 3 aromatic carbocycles. The lowest BCUT2D eigenvalue weighted by Gasteiger charge is -2.46. The van der Waals surface area contributed by atoms with Crippen molar-refractivity contribution in [3.8, 4) is 11.5 Å². The van der Waals surface area contributed by atoms with E-state index in [0.717, 1.165) is 11.1 Å². The number of benzene rings is 3. The number of ketones is 1. The van der Waals surface area contributed by atoms with Crippen LogP contribution in [0.5, 0.6) is 11.5 Å². The molecule has 5 rings (SSSR count). The van der Waals surface area contributed by atoms with Crippen LogP contribution in [-0.2, 0) is 26.7 Å². The van der Waals surface area contributed by atoms with Gasteiger partial charge in [-0.2, -0.15) is 0 Å². The Kier molecular flexibility index (Phi) is 8.04. The number of hydrogen-bond donors (Lipinski definition) is 2. The largest absolute Gasteiger partial charge is 0.496 e. The monoisotopic (exact) mass is 563 g/mol. The molecule has 1 saturated carbocycles. The van der Waals surface area contributed by atoms with E-state index >= 15 is 0 Å². The number of aliphatic hydroxyl groups is 1. The summed E-state index contributed by atoms with van der Waals surface area (Å²) in [5.41, 5.74) is 1.05. The first-order chi connectivity index (χ1) is 19.2. The molecule has 0 spiro atoms. The molecular formula is C32H37NO6S. The molecule has 2 fully saturated rings. The number of carbonyl (C=O) groups excluding carboxylic acids is 1. The lowest BCUT2D eigenvalue weighted by molar-refractivity contribution is -0.124. The summed E-state index contributed by atoms with van der Waals surface area (Å²) in [7, 11) is -0.465. The van der Waals surface area contributed by atoms with E-state index in [1.165, 1.54) is 0 Å². The first kappa shape index (κ1) is 28.3. The summed E-state index contributed by atoms with van der Waals surface area (Å²) in [4.78, 5) is 14.0. The van der Waals surface area contributed by atoms with Gasteiger partial charge in [-0.15, -0.1) is 0 Å². The number of aryl methyl sites for hydroxylation is 1. The van der Waals surface area contributed by atoms with E-state index in [9.17, 15) is 18.3 Å². The molecule has 40 heavy (non-hydrogen) atoms. The van der Waals surface area contributed by atoms with Crippen molar-refractivity contribution >= 4 is 15.6 Å². The fourth-order valence-corrected chi connectivity index (χ4v) is 8.38. The molecule has 0 radical (unpaired) electrons. The third kappa shape index (κ3) is 5.40. The number of para-hydroxylation sites is 2. The third-order valence-electron chi connectivity index (χ3n) is 8.63. The van der Waals surface area contributed by atoms with Gasteiger partial charge in [0.05, 0.1) is 36.5 Å². The number of fused-ring (bicyclic) bond motifs is 1. The van der Waals surface area contributed by atoms with Crippen LogP contribution in [0.4, 0.5) is 0 Å². The van der Waals surface area contributed by atoms with Crippen molar-refractivity contribution in [1.82, 2.24) is 5.32 Å². The normalized spacial score (nSPS) is 26.2. The van der Waals surface area contributed by atoms with Crippen molar-refractivity contribution < 1.29 is 27.8 Å².